The summed E-state index contributed by atoms with van der Waals surface area (Å²) in [4.78, 5) is 60.8. The van der Waals surface area contributed by atoms with Gasteiger partial charge in [0.15, 0.2) is 0 Å². The number of nitrogens with one attached hydrogen (secondary N) is 3. The van der Waals surface area contributed by atoms with Crippen LogP contribution in [0.15, 0.2) is 60.1 Å². The third-order valence-electron chi connectivity index (χ3n) is 7.98. The summed E-state index contributed by atoms with van der Waals surface area (Å²) in [6.07, 6.45) is -1.43. The van der Waals surface area contributed by atoms with Crippen molar-refractivity contribution >= 4 is 35.2 Å². The summed E-state index contributed by atoms with van der Waals surface area (Å²) in [6.45, 7) is 12.8. The minimum Gasteiger partial charge on any atom is -0.444 e. The average Bonchev–Trinajstić information content (AvgIpc) is 3.62. The Morgan fingerprint density at radius 1 is 0.979 bits per heavy atom. The van der Waals surface area contributed by atoms with Crippen molar-refractivity contribution in [3.05, 3.63) is 76.9 Å². The summed E-state index contributed by atoms with van der Waals surface area (Å²) < 4.78 is 5.41. The largest absolute Gasteiger partial charge is 0.444 e. The molecule has 4 rings (SSSR count). The molecule has 48 heavy (non-hydrogen) atoms. The van der Waals surface area contributed by atoms with Crippen LogP contribution in [0.25, 0.3) is 10.4 Å². The van der Waals surface area contributed by atoms with E-state index in [1.165, 1.54) is 4.90 Å². The molecule has 1 aliphatic rings. The van der Waals surface area contributed by atoms with E-state index in [-0.39, 0.29) is 25.9 Å². The molecule has 4 atom stereocenters. The standard InChI is InChI=1S/C36H47N5O6S/c1-22-29(48-21-38-22)25-15-13-24(14-16-25)19-37-32(44)28-18-26(42)20-41(28)33(45)30(35(2,3)4)40-31(43)27(17-23-11-9-8-10-12-23)39-34(46)47-36(5,6)7/h8-16,21,26-28,30,42H,17-20H2,1-7H3,(H,37,44)(H,39,46)(H,40,43)/t26-,27?,28+,30?/m1/s1. The number of hydrogen-bond acceptors (Lipinski definition) is 8. The molecule has 11 nitrogen and oxygen atoms in total. The quantitative estimate of drug-likeness (QED) is 0.249. The van der Waals surface area contributed by atoms with Crippen LogP contribution in [-0.4, -0.2) is 75.2 Å². The van der Waals surface area contributed by atoms with Gasteiger partial charge in [-0.15, -0.1) is 11.3 Å². The van der Waals surface area contributed by atoms with Crippen LogP contribution in [0.5, 0.6) is 0 Å². The highest BCUT2D eigenvalue weighted by Gasteiger charge is 2.45. The van der Waals surface area contributed by atoms with Crippen LogP contribution in [0.4, 0.5) is 4.79 Å². The topological polar surface area (TPSA) is 150 Å². The van der Waals surface area contributed by atoms with Gasteiger partial charge >= 0.3 is 6.09 Å². The maximum atomic E-state index is 14.1. The maximum absolute atomic E-state index is 14.1. The van der Waals surface area contributed by atoms with Gasteiger partial charge in [-0.1, -0.05) is 75.4 Å². The number of likely N-dealkylation sites (tertiary alicyclic amines) is 1. The zero-order valence-electron chi connectivity index (χ0n) is 28.7. The first-order valence-corrected chi connectivity index (χ1v) is 17.0. The lowest BCUT2D eigenvalue weighted by Gasteiger charge is -2.36. The highest BCUT2D eigenvalue weighted by Crippen LogP contribution is 2.28. The van der Waals surface area contributed by atoms with Crippen LogP contribution < -0.4 is 16.0 Å². The fourth-order valence-electron chi connectivity index (χ4n) is 5.53. The third-order valence-corrected chi connectivity index (χ3v) is 8.96. The third kappa shape index (κ3) is 9.86. The Morgan fingerprint density at radius 2 is 1.65 bits per heavy atom. The number of aryl methyl sites for hydroxylation is 1. The number of thiazole rings is 1. The Labute approximate surface area is 286 Å². The summed E-state index contributed by atoms with van der Waals surface area (Å²) in [5, 5.41) is 19.0. The van der Waals surface area contributed by atoms with E-state index >= 15 is 0 Å². The number of ether oxygens (including phenoxy) is 1. The second kappa shape index (κ2) is 15.3. The van der Waals surface area contributed by atoms with Crippen molar-refractivity contribution in [2.24, 2.45) is 5.41 Å². The molecule has 0 radical (unpaired) electrons. The number of alkyl carbamates (subject to hydrolysis) is 1. The van der Waals surface area contributed by atoms with Crippen molar-refractivity contribution in [3.63, 3.8) is 0 Å². The van der Waals surface area contributed by atoms with E-state index < -0.39 is 59.1 Å². The van der Waals surface area contributed by atoms with Gasteiger partial charge in [0.05, 0.1) is 22.2 Å². The Hall–Kier alpha value is -4.29. The molecular weight excluding hydrogens is 630 g/mol. The number of rotatable bonds is 10. The van der Waals surface area contributed by atoms with E-state index in [0.717, 1.165) is 27.3 Å². The molecule has 258 valence electrons. The van der Waals surface area contributed by atoms with Crippen molar-refractivity contribution in [1.29, 1.82) is 0 Å². The lowest BCUT2D eigenvalue weighted by atomic mass is 9.85. The summed E-state index contributed by atoms with van der Waals surface area (Å²) in [7, 11) is 0. The number of carbonyl (C=O) groups excluding carboxylic acids is 4. The van der Waals surface area contributed by atoms with Gasteiger partial charge in [0.1, 0.15) is 23.7 Å². The van der Waals surface area contributed by atoms with E-state index in [1.807, 2.05) is 87.8 Å². The second-order valence-corrected chi connectivity index (χ2v) is 15.1. The Kier molecular flexibility index (Phi) is 11.6. The predicted octanol–water partition coefficient (Wildman–Crippen LogP) is 4.36. The van der Waals surface area contributed by atoms with Crippen LogP contribution in [0.3, 0.4) is 0 Å². The normalized spacial score (nSPS) is 17.7. The van der Waals surface area contributed by atoms with Crippen LogP contribution in [0, 0.1) is 12.3 Å². The van der Waals surface area contributed by atoms with Crippen molar-refractivity contribution in [2.45, 2.75) is 97.7 Å². The molecule has 2 aromatic carbocycles. The number of nitrogens with zero attached hydrogens (tertiary/aromatic N) is 2. The molecule has 4 N–H and O–H groups in total. The molecule has 3 aromatic rings. The van der Waals surface area contributed by atoms with Crippen LogP contribution in [-0.2, 0) is 32.1 Å². The molecule has 0 aliphatic carbocycles. The number of benzene rings is 2. The van der Waals surface area contributed by atoms with Crippen molar-refractivity contribution in [1.82, 2.24) is 25.8 Å². The molecule has 2 heterocycles. The fourth-order valence-corrected chi connectivity index (χ4v) is 6.34. The lowest BCUT2D eigenvalue weighted by Crippen LogP contribution is -2.60. The van der Waals surface area contributed by atoms with Gasteiger partial charge in [0.2, 0.25) is 17.7 Å². The molecule has 0 spiro atoms. The van der Waals surface area contributed by atoms with E-state index in [2.05, 4.69) is 20.9 Å². The number of aromatic nitrogens is 1. The number of β-amino-alcohol motifs (C(OH)–C–C–N with tert-alkyl or cyclic N) is 1. The highest BCUT2D eigenvalue weighted by molar-refractivity contribution is 7.13. The van der Waals surface area contributed by atoms with Gasteiger partial charge in [-0.05, 0) is 49.8 Å². The molecule has 2 unspecified atom stereocenters. The van der Waals surface area contributed by atoms with E-state index in [0.29, 0.717) is 0 Å². The SMILES string of the molecule is Cc1ncsc1-c1ccc(CNC(=O)[C@@H]2C[C@@H](O)CN2C(=O)C(NC(=O)C(Cc2ccccc2)NC(=O)OC(C)(C)C)C(C)(C)C)cc1. The number of carbonyl (C=O) groups is 4. The predicted molar refractivity (Wildman–Crippen MR) is 185 cm³/mol. The van der Waals surface area contributed by atoms with Gasteiger partial charge < -0.3 is 30.7 Å². The van der Waals surface area contributed by atoms with Crippen LogP contribution in [0.1, 0.15) is 64.8 Å². The molecule has 0 bridgehead atoms. The van der Waals surface area contributed by atoms with Gasteiger partial charge in [0.25, 0.3) is 0 Å². The molecule has 12 heteroatoms. The Balaban J connectivity index is 1.47. The summed E-state index contributed by atoms with van der Waals surface area (Å²) in [5.74, 6) is -1.46. The first-order chi connectivity index (χ1) is 22.5. The molecule has 4 amide bonds. The zero-order valence-corrected chi connectivity index (χ0v) is 29.5. The number of amides is 4. The van der Waals surface area contributed by atoms with Crippen molar-refractivity contribution in [3.8, 4) is 10.4 Å². The molecule has 1 aliphatic heterocycles. The fraction of sp³-hybridized carbons (Fsp3) is 0.472. The minimum atomic E-state index is -1.06. The molecule has 0 saturated carbocycles. The zero-order chi connectivity index (χ0) is 35.2. The van der Waals surface area contributed by atoms with Crippen LogP contribution in [0.2, 0.25) is 0 Å². The lowest BCUT2D eigenvalue weighted by molar-refractivity contribution is -0.144. The average molecular weight is 678 g/mol. The molecular formula is C36H47N5O6S. The van der Waals surface area contributed by atoms with Crippen LogP contribution >= 0.6 is 11.3 Å². The van der Waals surface area contributed by atoms with E-state index in [4.69, 9.17) is 4.74 Å². The smallest absolute Gasteiger partial charge is 0.408 e. The monoisotopic (exact) mass is 677 g/mol. The Bertz CT molecular complexity index is 1580. The summed E-state index contributed by atoms with van der Waals surface area (Å²) in [6, 6.07) is 14.0. The maximum Gasteiger partial charge on any atom is 0.408 e. The van der Waals surface area contributed by atoms with Gasteiger partial charge in [-0.3, -0.25) is 14.4 Å². The van der Waals surface area contributed by atoms with Crippen molar-refractivity contribution < 1.29 is 29.0 Å². The number of hydrogen-bond donors (Lipinski definition) is 4. The van der Waals surface area contributed by atoms with Gasteiger partial charge in [0, 0.05) is 25.9 Å². The van der Waals surface area contributed by atoms with E-state index in [9.17, 15) is 24.3 Å². The second-order valence-electron chi connectivity index (χ2n) is 14.3. The molecule has 1 aromatic heterocycles. The first-order valence-electron chi connectivity index (χ1n) is 16.1. The molecule has 1 fully saturated rings. The highest BCUT2D eigenvalue weighted by atomic mass is 32.1. The van der Waals surface area contributed by atoms with Crippen molar-refractivity contribution in [2.75, 3.05) is 6.54 Å². The summed E-state index contributed by atoms with van der Waals surface area (Å²) in [5.41, 5.74) is 3.94. The first kappa shape index (κ1) is 36.5. The number of aliphatic hydroxyl groups excluding tert-OH is 1. The Morgan fingerprint density at radius 3 is 2.23 bits per heavy atom. The van der Waals surface area contributed by atoms with Gasteiger partial charge in [-0.25, -0.2) is 9.78 Å². The number of aliphatic hydroxyl groups is 1. The van der Waals surface area contributed by atoms with Gasteiger partial charge in [-0.2, -0.15) is 0 Å². The molecule has 1 saturated heterocycles. The minimum absolute atomic E-state index is 0.0497. The summed E-state index contributed by atoms with van der Waals surface area (Å²) >= 11 is 1.57. The van der Waals surface area contributed by atoms with E-state index in [1.54, 1.807) is 32.1 Å².